The van der Waals surface area contributed by atoms with E-state index in [-0.39, 0.29) is 11.1 Å². The van der Waals surface area contributed by atoms with E-state index < -0.39 is 23.5 Å². The van der Waals surface area contributed by atoms with Crippen molar-refractivity contribution in [3.63, 3.8) is 0 Å². The molecule has 6 heteroatoms. The molecule has 1 aliphatic carbocycles. The van der Waals surface area contributed by atoms with Gasteiger partial charge in [0.15, 0.2) is 0 Å². The Kier molecular flexibility index (Phi) is 3.44. The van der Waals surface area contributed by atoms with Crippen molar-refractivity contribution >= 4 is 35.1 Å². The summed E-state index contributed by atoms with van der Waals surface area (Å²) in [4.78, 5) is 24.8. The molecule has 25 heavy (non-hydrogen) atoms. The van der Waals surface area contributed by atoms with Crippen molar-refractivity contribution in [2.45, 2.75) is 32.3 Å². The van der Waals surface area contributed by atoms with Gasteiger partial charge in [-0.25, -0.2) is 9.59 Å². The monoisotopic (exact) mass is 376 g/mol. The summed E-state index contributed by atoms with van der Waals surface area (Å²) >= 11 is 12.9. The van der Waals surface area contributed by atoms with Crippen LogP contribution in [0.1, 0.15) is 32.3 Å². The normalized spacial score (nSPS) is 27.9. The number of hydrogen-bond acceptors (Lipinski definition) is 4. The molecule has 0 aromatic heterocycles. The van der Waals surface area contributed by atoms with Crippen molar-refractivity contribution in [3.05, 3.63) is 67.9 Å². The second-order valence-electron chi connectivity index (χ2n) is 6.54. The molecule has 128 valence electrons. The Morgan fingerprint density at radius 3 is 2.36 bits per heavy atom. The number of carbonyl (C=O) groups is 2. The molecule has 4 rings (SSSR count). The fourth-order valence-corrected chi connectivity index (χ4v) is 4.71. The van der Waals surface area contributed by atoms with Crippen LogP contribution in [0.5, 0.6) is 0 Å². The van der Waals surface area contributed by atoms with Crippen molar-refractivity contribution in [1.82, 2.24) is 0 Å². The summed E-state index contributed by atoms with van der Waals surface area (Å²) in [5.41, 5.74) is 1.71. The molecule has 2 atom stereocenters. The third kappa shape index (κ3) is 2.07. The molecule has 2 heterocycles. The highest BCUT2D eigenvalue weighted by molar-refractivity contribution is 6.36. The average Bonchev–Trinajstić information content (AvgIpc) is 2.98. The van der Waals surface area contributed by atoms with Gasteiger partial charge in [-0.3, -0.25) is 0 Å². The number of hydrogen-bond donors (Lipinski definition) is 0. The van der Waals surface area contributed by atoms with Gasteiger partial charge in [0.1, 0.15) is 5.60 Å². The smallest absolute Gasteiger partial charge is 0.346 e. The second-order valence-corrected chi connectivity index (χ2v) is 7.35. The van der Waals surface area contributed by atoms with E-state index in [2.05, 4.69) is 0 Å². The SMILES string of the molecule is CC1=CC2=C(C)C3=C(C(=O)OC3=O)[C@H](c3c(Cl)cccc3Cl)[C@]2(C)O1. The van der Waals surface area contributed by atoms with E-state index in [9.17, 15) is 9.59 Å². The van der Waals surface area contributed by atoms with Gasteiger partial charge in [0.2, 0.25) is 0 Å². The van der Waals surface area contributed by atoms with Gasteiger partial charge >= 0.3 is 11.9 Å². The number of halogens is 2. The zero-order valence-corrected chi connectivity index (χ0v) is 15.3. The molecule has 0 radical (unpaired) electrons. The predicted molar refractivity (Wildman–Crippen MR) is 93.3 cm³/mol. The highest BCUT2D eigenvalue weighted by atomic mass is 35.5. The predicted octanol–water partition coefficient (Wildman–Crippen LogP) is 4.48. The maximum Gasteiger partial charge on any atom is 0.346 e. The third-order valence-electron chi connectivity index (χ3n) is 5.04. The first-order chi connectivity index (χ1) is 11.8. The van der Waals surface area contributed by atoms with Crippen molar-refractivity contribution in [1.29, 1.82) is 0 Å². The third-order valence-corrected chi connectivity index (χ3v) is 5.70. The molecule has 1 aromatic rings. The van der Waals surface area contributed by atoms with Crippen molar-refractivity contribution in [3.8, 4) is 0 Å². The minimum Gasteiger partial charge on any atom is -0.486 e. The summed E-state index contributed by atoms with van der Waals surface area (Å²) in [6, 6.07) is 5.14. The highest BCUT2D eigenvalue weighted by Gasteiger charge is 2.56. The number of esters is 2. The van der Waals surface area contributed by atoms with E-state index in [1.54, 1.807) is 25.1 Å². The summed E-state index contributed by atoms with van der Waals surface area (Å²) in [6.45, 7) is 5.51. The van der Waals surface area contributed by atoms with Crippen LogP contribution in [0.4, 0.5) is 0 Å². The van der Waals surface area contributed by atoms with E-state index in [0.717, 1.165) is 5.57 Å². The van der Waals surface area contributed by atoms with Gasteiger partial charge in [0, 0.05) is 21.2 Å². The Morgan fingerprint density at radius 2 is 1.72 bits per heavy atom. The Balaban J connectivity index is 2.08. The number of cyclic esters (lactones) is 2. The van der Waals surface area contributed by atoms with Gasteiger partial charge in [-0.1, -0.05) is 29.3 Å². The Morgan fingerprint density at radius 1 is 1.08 bits per heavy atom. The first kappa shape index (κ1) is 16.4. The summed E-state index contributed by atoms with van der Waals surface area (Å²) < 4.78 is 11.0. The lowest BCUT2D eigenvalue weighted by Gasteiger charge is -2.40. The maximum absolute atomic E-state index is 12.5. The van der Waals surface area contributed by atoms with E-state index in [4.69, 9.17) is 32.7 Å². The lowest BCUT2D eigenvalue weighted by atomic mass is 9.67. The molecule has 0 amide bonds. The van der Waals surface area contributed by atoms with Gasteiger partial charge < -0.3 is 9.47 Å². The molecule has 0 spiro atoms. The number of allylic oxidation sites excluding steroid dienone is 1. The standard InChI is InChI=1S/C19H14Cl2O4/c1-8-7-10-9(2)13-15(18(23)24-17(13)22)16(19(10,3)25-8)14-11(20)5-4-6-12(14)21/h4-7,16H,1-3H3/t16-,19+/m0/s1. The number of rotatable bonds is 1. The summed E-state index contributed by atoms with van der Waals surface area (Å²) in [5, 5.41) is 0.814. The van der Waals surface area contributed by atoms with Crippen LogP contribution >= 0.6 is 23.2 Å². The largest absolute Gasteiger partial charge is 0.486 e. The van der Waals surface area contributed by atoms with Crippen LogP contribution in [-0.4, -0.2) is 17.5 Å². The van der Waals surface area contributed by atoms with Crippen molar-refractivity contribution in [2.24, 2.45) is 0 Å². The summed E-state index contributed by atoms with van der Waals surface area (Å²) in [5.74, 6) is -1.26. The van der Waals surface area contributed by atoms with Gasteiger partial charge in [0.25, 0.3) is 0 Å². The van der Waals surface area contributed by atoms with Crippen LogP contribution in [0.2, 0.25) is 10.0 Å². The van der Waals surface area contributed by atoms with E-state index >= 15 is 0 Å². The molecule has 0 bridgehead atoms. The quantitative estimate of drug-likeness (QED) is 0.535. The molecule has 3 aliphatic rings. The number of ether oxygens (including phenoxy) is 2. The molecule has 2 aliphatic heterocycles. The molecule has 0 unspecified atom stereocenters. The van der Waals surface area contributed by atoms with Crippen LogP contribution in [0.3, 0.4) is 0 Å². The first-order valence-corrected chi connectivity index (χ1v) is 8.55. The zero-order chi connectivity index (χ0) is 18.1. The molecular formula is C19H14Cl2O4. The minimum atomic E-state index is -0.898. The first-order valence-electron chi connectivity index (χ1n) is 7.79. The highest BCUT2D eigenvalue weighted by Crippen LogP contribution is 2.57. The van der Waals surface area contributed by atoms with E-state index in [1.807, 2.05) is 19.9 Å². The molecule has 0 saturated heterocycles. The van der Waals surface area contributed by atoms with Crippen LogP contribution < -0.4 is 0 Å². The Hall–Kier alpha value is -2.04. The average molecular weight is 377 g/mol. The van der Waals surface area contributed by atoms with Crippen LogP contribution in [0, 0.1) is 0 Å². The second kappa shape index (κ2) is 5.23. The Labute approximate surface area is 154 Å². The zero-order valence-electron chi connectivity index (χ0n) is 13.8. The molecule has 0 N–H and O–H groups in total. The number of fused-ring (bicyclic) bond motifs is 1. The van der Waals surface area contributed by atoms with Crippen molar-refractivity contribution < 1.29 is 19.1 Å². The number of carbonyl (C=O) groups excluding carboxylic acids is 2. The number of benzene rings is 1. The molecule has 4 nitrogen and oxygen atoms in total. The summed E-state index contributed by atoms with van der Waals surface area (Å²) in [7, 11) is 0. The van der Waals surface area contributed by atoms with Crippen molar-refractivity contribution in [2.75, 3.05) is 0 Å². The lowest BCUT2D eigenvalue weighted by Crippen LogP contribution is -2.40. The topological polar surface area (TPSA) is 52.6 Å². The van der Waals surface area contributed by atoms with E-state index in [0.29, 0.717) is 26.9 Å². The van der Waals surface area contributed by atoms with Crippen LogP contribution in [-0.2, 0) is 19.1 Å². The van der Waals surface area contributed by atoms with E-state index in [1.165, 1.54) is 0 Å². The van der Waals surface area contributed by atoms with Crippen LogP contribution in [0.15, 0.2) is 52.3 Å². The molecule has 0 saturated carbocycles. The fraction of sp³-hybridized carbons (Fsp3) is 0.263. The maximum atomic E-state index is 12.5. The molecule has 0 fully saturated rings. The minimum absolute atomic E-state index is 0.256. The van der Waals surface area contributed by atoms with Gasteiger partial charge in [-0.15, -0.1) is 0 Å². The van der Waals surface area contributed by atoms with Gasteiger partial charge in [-0.05, 0) is 44.6 Å². The van der Waals surface area contributed by atoms with Gasteiger partial charge in [0.05, 0.1) is 22.8 Å². The van der Waals surface area contributed by atoms with Gasteiger partial charge in [-0.2, -0.15) is 0 Å². The fourth-order valence-electron chi connectivity index (χ4n) is 4.10. The molecule has 1 aromatic carbocycles. The summed E-state index contributed by atoms with van der Waals surface area (Å²) in [6.07, 6.45) is 1.88. The van der Waals surface area contributed by atoms with Crippen LogP contribution in [0.25, 0.3) is 0 Å². The molecular weight excluding hydrogens is 363 g/mol. The lowest BCUT2D eigenvalue weighted by molar-refractivity contribution is -0.151. The Bertz CT molecular complexity index is 934.